The van der Waals surface area contributed by atoms with E-state index in [-0.39, 0.29) is 11.7 Å². The highest BCUT2D eigenvalue weighted by Crippen LogP contribution is 2.17. The fraction of sp³-hybridized carbons (Fsp3) is 0.533. The Hall–Kier alpha value is -1.51. The van der Waals surface area contributed by atoms with Crippen LogP contribution in [0.3, 0.4) is 0 Å². The van der Waals surface area contributed by atoms with E-state index in [2.05, 4.69) is 5.32 Å². The summed E-state index contributed by atoms with van der Waals surface area (Å²) in [6.45, 7) is 0. The van der Waals surface area contributed by atoms with Gasteiger partial charge in [0.05, 0.1) is 6.42 Å². The first-order valence-electron chi connectivity index (χ1n) is 6.81. The van der Waals surface area contributed by atoms with Gasteiger partial charge in [-0.05, 0) is 30.5 Å². The number of carbonyl (C=O) groups excluding carboxylic acids is 1. The van der Waals surface area contributed by atoms with Crippen LogP contribution in [0.1, 0.15) is 44.1 Å². The summed E-state index contributed by atoms with van der Waals surface area (Å²) in [5.41, 5.74) is 0.862. The molecular weight excluding hydrogens is 226 g/mol. The van der Waals surface area contributed by atoms with Crippen molar-refractivity contribution in [2.24, 2.45) is 0 Å². The molecule has 3 heteroatoms. The first kappa shape index (κ1) is 12.9. The van der Waals surface area contributed by atoms with Gasteiger partial charge >= 0.3 is 0 Å². The maximum Gasteiger partial charge on any atom is 0.224 e. The van der Waals surface area contributed by atoms with E-state index in [0.717, 1.165) is 18.4 Å². The number of carbonyl (C=O) groups is 1. The molecule has 0 atom stereocenters. The van der Waals surface area contributed by atoms with Crippen LogP contribution in [0.5, 0.6) is 5.75 Å². The van der Waals surface area contributed by atoms with Gasteiger partial charge in [-0.1, -0.05) is 37.8 Å². The lowest BCUT2D eigenvalue weighted by Gasteiger charge is -2.16. The molecule has 0 bridgehead atoms. The zero-order chi connectivity index (χ0) is 12.8. The Labute approximate surface area is 108 Å². The summed E-state index contributed by atoms with van der Waals surface area (Å²) in [5.74, 6) is 0.280. The van der Waals surface area contributed by atoms with Gasteiger partial charge in [-0.15, -0.1) is 0 Å². The summed E-state index contributed by atoms with van der Waals surface area (Å²) < 4.78 is 0. The van der Waals surface area contributed by atoms with E-state index in [4.69, 9.17) is 0 Å². The van der Waals surface area contributed by atoms with Crippen LogP contribution in [0.15, 0.2) is 24.3 Å². The number of hydrogen-bond acceptors (Lipinski definition) is 2. The Morgan fingerprint density at radius 3 is 2.61 bits per heavy atom. The van der Waals surface area contributed by atoms with Crippen LogP contribution in [0, 0.1) is 0 Å². The van der Waals surface area contributed by atoms with Crippen molar-refractivity contribution in [3.8, 4) is 5.75 Å². The molecule has 0 spiro atoms. The number of rotatable bonds is 3. The molecule has 0 unspecified atom stereocenters. The first-order valence-corrected chi connectivity index (χ1v) is 6.81. The van der Waals surface area contributed by atoms with E-state index in [0.29, 0.717) is 12.5 Å². The Kier molecular flexibility index (Phi) is 4.62. The van der Waals surface area contributed by atoms with Gasteiger partial charge in [0.15, 0.2) is 0 Å². The number of aromatic hydroxyl groups is 1. The van der Waals surface area contributed by atoms with Gasteiger partial charge < -0.3 is 10.4 Å². The lowest BCUT2D eigenvalue weighted by molar-refractivity contribution is -0.121. The molecule has 1 aromatic rings. The Morgan fingerprint density at radius 1 is 1.22 bits per heavy atom. The molecule has 3 nitrogen and oxygen atoms in total. The molecule has 1 aliphatic rings. The van der Waals surface area contributed by atoms with Crippen molar-refractivity contribution in [1.82, 2.24) is 5.32 Å². The Bertz CT molecular complexity index is 395. The first-order chi connectivity index (χ1) is 8.74. The summed E-state index contributed by atoms with van der Waals surface area (Å²) >= 11 is 0. The van der Waals surface area contributed by atoms with E-state index in [1.807, 2.05) is 6.07 Å². The number of hydrogen-bond donors (Lipinski definition) is 2. The molecule has 18 heavy (non-hydrogen) atoms. The zero-order valence-electron chi connectivity index (χ0n) is 10.7. The van der Waals surface area contributed by atoms with Crippen LogP contribution in [0.4, 0.5) is 0 Å². The molecule has 1 amide bonds. The molecule has 2 rings (SSSR count). The maximum absolute atomic E-state index is 11.9. The van der Waals surface area contributed by atoms with E-state index in [9.17, 15) is 9.90 Å². The lowest BCUT2D eigenvalue weighted by Crippen LogP contribution is -2.35. The highest BCUT2D eigenvalue weighted by molar-refractivity contribution is 5.78. The molecule has 0 aliphatic heterocycles. The van der Waals surface area contributed by atoms with Crippen LogP contribution >= 0.6 is 0 Å². The summed E-state index contributed by atoms with van der Waals surface area (Å²) in [4.78, 5) is 11.9. The van der Waals surface area contributed by atoms with Gasteiger partial charge in [-0.2, -0.15) is 0 Å². The Morgan fingerprint density at radius 2 is 1.94 bits per heavy atom. The van der Waals surface area contributed by atoms with Crippen molar-refractivity contribution in [2.75, 3.05) is 0 Å². The van der Waals surface area contributed by atoms with Crippen LogP contribution in [0.2, 0.25) is 0 Å². The highest BCUT2D eigenvalue weighted by Gasteiger charge is 2.14. The molecular formula is C15H21NO2. The van der Waals surface area contributed by atoms with Crippen molar-refractivity contribution >= 4 is 5.91 Å². The fourth-order valence-corrected chi connectivity index (χ4v) is 2.55. The van der Waals surface area contributed by atoms with Crippen molar-refractivity contribution in [3.05, 3.63) is 29.8 Å². The average Bonchev–Trinajstić information content (AvgIpc) is 2.57. The topological polar surface area (TPSA) is 49.3 Å². The predicted octanol–water partition coefficient (Wildman–Crippen LogP) is 2.77. The minimum atomic E-state index is 0.0625. The largest absolute Gasteiger partial charge is 0.508 e. The van der Waals surface area contributed by atoms with Crippen LogP contribution in [0.25, 0.3) is 0 Å². The third kappa shape index (κ3) is 4.06. The van der Waals surface area contributed by atoms with Gasteiger partial charge in [0.2, 0.25) is 5.91 Å². The predicted molar refractivity (Wildman–Crippen MR) is 71.4 cm³/mol. The SMILES string of the molecule is O=C(Cc1cccc(O)c1)NC1CCCCCC1. The van der Waals surface area contributed by atoms with Gasteiger partial charge in [0.1, 0.15) is 5.75 Å². The smallest absolute Gasteiger partial charge is 0.224 e. The van der Waals surface area contributed by atoms with Crippen LogP contribution in [-0.4, -0.2) is 17.1 Å². The van der Waals surface area contributed by atoms with Crippen molar-refractivity contribution < 1.29 is 9.90 Å². The van der Waals surface area contributed by atoms with Crippen molar-refractivity contribution in [1.29, 1.82) is 0 Å². The summed E-state index contributed by atoms with van der Waals surface area (Å²) in [6, 6.07) is 7.24. The number of benzene rings is 1. The molecule has 1 aromatic carbocycles. The number of phenols is 1. The summed E-state index contributed by atoms with van der Waals surface area (Å²) in [7, 11) is 0. The molecule has 0 saturated heterocycles. The molecule has 1 saturated carbocycles. The van der Waals surface area contributed by atoms with Crippen LogP contribution < -0.4 is 5.32 Å². The lowest BCUT2D eigenvalue weighted by atomic mass is 10.1. The third-order valence-electron chi connectivity index (χ3n) is 3.50. The normalized spacial score (nSPS) is 17.1. The summed E-state index contributed by atoms with van der Waals surface area (Å²) in [6.07, 6.45) is 7.58. The monoisotopic (exact) mass is 247 g/mol. The van der Waals surface area contributed by atoms with Gasteiger partial charge in [0.25, 0.3) is 0 Å². The minimum absolute atomic E-state index is 0.0625. The molecule has 0 radical (unpaired) electrons. The zero-order valence-corrected chi connectivity index (χ0v) is 10.7. The van der Waals surface area contributed by atoms with Gasteiger partial charge in [0, 0.05) is 6.04 Å². The third-order valence-corrected chi connectivity index (χ3v) is 3.50. The molecule has 1 fully saturated rings. The standard InChI is InChI=1S/C15H21NO2/c17-14-9-5-6-12(10-14)11-15(18)16-13-7-3-1-2-4-8-13/h5-6,9-10,13,17H,1-4,7-8,11H2,(H,16,18). The number of phenolic OH excluding ortho intramolecular Hbond substituents is 1. The van der Waals surface area contributed by atoms with E-state index < -0.39 is 0 Å². The minimum Gasteiger partial charge on any atom is -0.508 e. The van der Waals surface area contributed by atoms with Crippen molar-refractivity contribution in [2.45, 2.75) is 51.0 Å². The van der Waals surface area contributed by atoms with Gasteiger partial charge in [-0.3, -0.25) is 4.79 Å². The van der Waals surface area contributed by atoms with E-state index in [1.165, 1.54) is 25.7 Å². The highest BCUT2D eigenvalue weighted by atomic mass is 16.3. The quantitative estimate of drug-likeness (QED) is 0.807. The second-order valence-electron chi connectivity index (χ2n) is 5.10. The van der Waals surface area contributed by atoms with Gasteiger partial charge in [-0.25, -0.2) is 0 Å². The van der Waals surface area contributed by atoms with E-state index >= 15 is 0 Å². The second kappa shape index (κ2) is 6.43. The molecule has 0 aromatic heterocycles. The molecule has 98 valence electrons. The maximum atomic E-state index is 11.9. The molecule has 2 N–H and O–H groups in total. The van der Waals surface area contributed by atoms with Crippen molar-refractivity contribution in [3.63, 3.8) is 0 Å². The summed E-state index contributed by atoms with van der Waals surface area (Å²) in [5, 5.41) is 12.5. The fourth-order valence-electron chi connectivity index (χ4n) is 2.55. The number of amides is 1. The average molecular weight is 247 g/mol. The Balaban J connectivity index is 1.84. The molecule has 1 aliphatic carbocycles. The molecule has 0 heterocycles. The van der Waals surface area contributed by atoms with E-state index in [1.54, 1.807) is 18.2 Å². The van der Waals surface area contributed by atoms with Crippen LogP contribution in [-0.2, 0) is 11.2 Å². The second-order valence-corrected chi connectivity index (χ2v) is 5.10. The number of nitrogens with one attached hydrogen (secondary N) is 1.